The van der Waals surface area contributed by atoms with Gasteiger partial charge in [0, 0.05) is 11.3 Å². The number of halogens is 1. The molecule has 0 saturated heterocycles. The Morgan fingerprint density at radius 3 is 2.79 bits per heavy atom. The molecule has 2 rings (SSSR count). The van der Waals surface area contributed by atoms with Crippen molar-refractivity contribution >= 4 is 0 Å². The van der Waals surface area contributed by atoms with Crippen LogP contribution in [0.25, 0.3) is 11.3 Å². The number of benzene rings is 1. The maximum atomic E-state index is 13.3. The van der Waals surface area contributed by atoms with Gasteiger partial charge in [-0.3, -0.25) is 0 Å². The molecule has 2 aromatic rings. The molecule has 19 heavy (non-hydrogen) atoms. The number of aromatic amines is 1. The molecule has 0 bridgehead atoms. The highest BCUT2D eigenvalue weighted by Crippen LogP contribution is 2.26. The highest BCUT2D eigenvalue weighted by Gasteiger charge is 2.18. The molecule has 3 nitrogen and oxygen atoms in total. The van der Waals surface area contributed by atoms with Crippen LogP contribution in [0.4, 0.5) is 4.39 Å². The van der Waals surface area contributed by atoms with Gasteiger partial charge in [-0.1, -0.05) is 32.4 Å². The monoisotopic (exact) mass is 261 g/mol. The van der Waals surface area contributed by atoms with Crippen molar-refractivity contribution in [3.63, 3.8) is 0 Å². The van der Waals surface area contributed by atoms with Gasteiger partial charge in [-0.05, 0) is 25.0 Å². The number of imidazole rings is 1. The molecular formula is C15H20FN3. The SMILES string of the molecule is CCC(C)C(N)c1nc(-c2cccc(F)c2)c(C)[nH]1. The second-order valence-electron chi connectivity index (χ2n) is 5.02. The molecular weight excluding hydrogens is 241 g/mol. The Kier molecular flexibility index (Phi) is 4.00. The van der Waals surface area contributed by atoms with E-state index in [2.05, 4.69) is 23.8 Å². The number of nitrogens with one attached hydrogen (secondary N) is 1. The summed E-state index contributed by atoms with van der Waals surface area (Å²) in [5, 5.41) is 0. The van der Waals surface area contributed by atoms with Gasteiger partial charge in [0.25, 0.3) is 0 Å². The first kappa shape index (κ1) is 13.7. The minimum atomic E-state index is -0.257. The average Bonchev–Trinajstić information content (AvgIpc) is 2.79. The molecule has 0 aliphatic rings. The fraction of sp³-hybridized carbons (Fsp3) is 0.400. The summed E-state index contributed by atoms with van der Waals surface area (Å²) in [6.45, 7) is 6.14. The second-order valence-corrected chi connectivity index (χ2v) is 5.02. The first-order valence-corrected chi connectivity index (χ1v) is 6.61. The molecule has 1 heterocycles. The fourth-order valence-electron chi connectivity index (χ4n) is 2.08. The number of aryl methyl sites for hydroxylation is 1. The topological polar surface area (TPSA) is 54.7 Å². The largest absolute Gasteiger partial charge is 0.344 e. The highest BCUT2D eigenvalue weighted by atomic mass is 19.1. The number of aromatic nitrogens is 2. The van der Waals surface area contributed by atoms with Crippen LogP contribution in [0.1, 0.15) is 37.8 Å². The van der Waals surface area contributed by atoms with E-state index in [1.807, 2.05) is 13.0 Å². The lowest BCUT2D eigenvalue weighted by Crippen LogP contribution is -2.19. The van der Waals surface area contributed by atoms with Gasteiger partial charge in [0.15, 0.2) is 0 Å². The molecule has 0 aliphatic carbocycles. The van der Waals surface area contributed by atoms with Crippen molar-refractivity contribution in [2.75, 3.05) is 0 Å². The van der Waals surface area contributed by atoms with E-state index in [0.717, 1.165) is 29.2 Å². The molecule has 1 aromatic heterocycles. The van der Waals surface area contributed by atoms with Gasteiger partial charge < -0.3 is 10.7 Å². The summed E-state index contributed by atoms with van der Waals surface area (Å²) in [4.78, 5) is 7.76. The number of nitrogens with two attached hydrogens (primary N) is 1. The van der Waals surface area contributed by atoms with Gasteiger partial charge in [-0.2, -0.15) is 0 Å². The van der Waals surface area contributed by atoms with Gasteiger partial charge in [0.2, 0.25) is 0 Å². The lowest BCUT2D eigenvalue weighted by atomic mass is 10.00. The Bertz CT molecular complexity index is 562. The molecule has 0 radical (unpaired) electrons. The van der Waals surface area contributed by atoms with Crippen LogP contribution in [-0.4, -0.2) is 9.97 Å². The third kappa shape index (κ3) is 2.84. The third-order valence-electron chi connectivity index (χ3n) is 3.57. The number of hydrogen-bond donors (Lipinski definition) is 2. The maximum Gasteiger partial charge on any atom is 0.124 e. The molecule has 4 heteroatoms. The number of rotatable bonds is 4. The quantitative estimate of drug-likeness (QED) is 0.884. The molecule has 0 fully saturated rings. The summed E-state index contributed by atoms with van der Waals surface area (Å²) in [5.41, 5.74) is 8.63. The summed E-state index contributed by atoms with van der Waals surface area (Å²) >= 11 is 0. The Hall–Kier alpha value is -1.68. The van der Waals surface area contributed by atoms with Crippen LogP contribution >= 0.6 is 0 Å². The van der Waals surface area contributed by atoms with E-state index in [4.69, 9.17) is 5.73 Å². The predicted molar refractivity (Wildman–Crippen MR) is 75.1 cm³/mol. The van der Waals surface area contributed by atoms with E-state index in [1.165, 1.54) is 12.1 Å². The minimum absolute atomic E-state index is 0.119. The van der Waals surface area contributed by atoms with Crippen LogP contribution in [0.2, 0.25) is 0 Å². The van der Waals surface area contributed by atoms with Gasteiger partial charge in [0.1, 0.15) is 11.6 Å². The predicted octanol–water partition coefficient (Wildman–Crippen LogP) is 3.57. The first-order valence-electron chi connectivity index (χ1n) is 6.61. The zero-order valence-electron chi connectivity index (χ0n) is 11.6. The number of nitrogens with zero attached hydrogens (tertiary/aromatic N) is 1. The van der Waals surface area contributed by atoms with E-state index < -0.39 is 0 Å². The van der Waals surface area contributed by atoms with E-state index in [0.29, 0.717) is 5.92 Å². The number of hydrogen-bond acceptors (Lipinski definition) is 2. The molecule has 0 saturated carbocycles. The van der Waals surface area contributed by atoms with Crippen LogP contribution in [0, 0.1) is 18.7 Å². The molecule has 0 aliphatic heterocycles. The van der Waals surface area contributed by atoms with E-state index in [-0.39, 0.29) is 11.9 Å². The second kappa shape index (κ2) is 5.53. The van der Waals surface area contributed by atoms with Gasteiger partial charge in [0.05, 0.1) is 11.7 Å². The van der Waals surface area contributed by atoms with E-state index in [1.54, 1.807) is 6.07 Å². The van der Waals surface area contributed by atoms with Crippen molar-refractivity contribution in [3.8, 4) is 11.3 Å². The maximum absolute atomic E-state index is 13.3. The van der Waals surface area contributed by atoms with Crippen molar-refractivity contribution in [3.05, 3.63) is 41.6 Å². The molecule has 0 amide bonds. The Morgan fingerprint density at radius 2 is 2.16 bits per heavy atom. The number of H-pyrrole nitrogens is 1. The van der Waals surface area contributed by atoms with Crippen LogP contribution in [-0.2, 0) is 0 Å². The molecule has 3 N–H and O–H groups in total. The average molecular weight is 261 g/mol. The first-order chi connectivity index (χ1) is 9.02. The summed E-state index contributed by atoms with van der Waals surface area (Å²) in [5.74, 6) is 0.865. The summed E-state index contributed by atoms with van der Waals surface area (Å²) in [7, 11) is 0. The molecule has 102 valence electrons. The fourth-order valence-corrected chi connectivity index (χ4v) is 2.08. The van der Waals surface area contributed by atoms with Crippen LogP contribution < -0.4 is 5.73 Å². The lowest BCUT2D eigenvalue weighted by Gasteiger charge is -2.15. The van der Waals surface area contributed by atoms with E-state index >= 15 is 0 Å². The lowest BCUT2D eigenvalue weighted by molar-refractivity contribution is 0.441. The van der Waals surface area contributed by atoms with Crippen molar-refractivity contribution in [2.24, 2.45) is 11.7 Å². The zero-order valence-corrected chi connectivity index (χ0v) is 11.6. The zero-order chi connectivity index (χ0) is 14.0. The molecule has 2 unspecified atom stereocenters. The van der Waals surface area contributed by atoms with Crippen molar-refractivity contribution in [1.82, 2.24) is 9.97 Å². The summed E-state index contributed by atoms with van der Waals surface area (Å²) in [6.07, 6.45) is 0.996. The Morgan fingerprint density at radius 1 is 1.42 bits per heavy atom. The summed E-state index contributed by atoms with van der Waals surface area (Å²) in [6, 6.07) is 6.34. The van der Waals surface area contributed by atoms with Crippen molar-refractivity contribution < 1.29 is 4.39 Å². The minimum Gasteiger partial charge on any atom is -0.344 e. The highest BCUT2D eigenvalue weighted by molar-refractivity contribution is 5.61. The normalized spacial score (nSPS) is 14.4. The molecule has 2 atom stereocenters. The van der Waals surface area contributed by atoms with E-state index in [9.17, 15) is 4.39 Å². The molecule has 1 aromatic carbocycles. The van der Waals surface area contributed by atoms with Gasteiger partial charge in [-0.15, -0.1) is 0 Å². The Balaban J connectivity index is 2.36. The van der Waals surface area contributed by atoms with Crippen LogP contribution in [0.15, 0.2) is 24.3 Å². The smallest absolute Gasteiger partial charge is 0.124 e. The van der Waals surface area contributed by atoms with Crippen LogP contribution in [0.3, 0.4) is 0 Å². The Labute approximate surface area is 113 Å². The van der Waals surface area contributed by atoms with Crippen molar-refractivity contribution in [1.29, 1.82) is 0 Å². The van der Waals surface area contributed by atoms with Crippen LogP contribution in [0.5, 0.6) is 0 Å². The standard InChI is InChI=1S/C15H20FN3/c1-4-9(2)13(17)15-18-10(3)14(19-15)11-6-5-7-12(16)8-11/h5-9,13H,4,17H2,1-3H3,(H,18,19). The third-order valence-corrected chi connectivity index (χ3v) is 3.57. The van der Waals surface area contributed by atoms with Gasteiger partial charge in [-0.25, -0.2) is 9.37 Å². The molecule has 0 spiro atoms. The summed E-state index contributed by atoms with van der Waals surface area (Å²) < 4.78 is 13.3. The van der Waals surface area contributed by atoms with Gasteiger partial charge >= 0.3 is 0 Å². The van der Waals surface area contributed by atoms with Crippen molar-refractivity contribution in [2.45, 2.75) is 33.2 Å².